The van der Waals surface area contributed by atoms with Crippen molar-refractivity contribution in [3.63, 3.8) is 0 Å². The summed E-state index contributed by atoms with van der Waals surface area (Å²) in [4.78, 5) is 4.33. The summed E-state index contributed by atoms with van der Waals surface area (Å²) in [5, 5.41) is -0.332. The molecule has 1 aliphatic rings. The van der Waals surface area contributed by atoms with Crippen LogP contribution < -0.4 is 0 Å². The highest BCUT2D eigenvalue weighted by atomic mass is 32.2. The van der Waals surface area contributed by atoms with E-state index < -0.39 is 10.0 Å². The lowest BCUT2D eigenvalue weighted by Gasteiger charge is -2.33. The standard InChI is InChI=1S/C14H22N2O2S/c1-12(2)19(17,18)16-9-5-6-13(11-16)10-14-7-3-4-8-15-14/h3-4,7-8,12-13H,5-6,9-11H2,1-2H3/t13-/m1/s1. The van der Waals surface area contributed by atoms with Crippen LogP contribution in [-0.4, -0.2) is 36.0 Å². The molecule has 0 saturated carbocycles. The second-order valence-corrected chi connectivity index (χ2v) is 7.97. The third kappa shape index (κ3) is 3.54. The highest BCUT2D eigenvalue weighted by Crippen LogP contribution is 2.23. The molecule has 1 fully saturated rings. The zero-order valence-corrected chi connectivity index (χ0v) is 12.4. The first-order valence-electron chi connectivity index (χ1n) is 6.89. The first kappa shape index (κ1) is 14.5. The van der Waals surface area contributed by atoms with Crippen LogP contribution in [0.25, 0.3) is 0 Å². The summed E-state index contributed by atoms with van der Waals surface area (Å²) < 4.78 is 26.0. The van der Waals surface area contributed by atoms with Gasteiger partial charge in [0.1, 0.15) is 0 Å². The van der Waals surface area contributed by atoms with Crippen LogP contribution in [0.15, 0.2) is 24.4 Å². The SMILES string of the molecule is CC(C)S(=O)(=O)N1CCC[C@H](Cc2ccccn2)C1. The van der Waals surface area contributed by atoms with Crippen molar-refractivity contribution in [1.29, 1.82) is 0 Å². The van der Waals surface area contributed by atoms with Gasteiger partial charge in [0.15, 0.2) is 0 Å². The van der Waals surface area contributed by atoms with E-state index in [0.717, 1.165) is 25.0 Å². The fraction of sp³-hybridized carbons (Fsp3) is 0.643. The molecule has 1 aromatic heterocycles. The van der Waals surface area contributed by atoms with E-state index in [2.05, 4.69) is 4.98 Å². The first-order chi connectivity index (χ1) is 9.00. The van der Waals surface area contributed by atoms with E-state index >= 15 is 0 Å². The van der Waals surface area contributed by atoms with Crippen LogP contribution in [0.5, 0.6) is 0 Å². The van der Waals surface area contributed by atoms with Gasteiger partial charge in [0.25, 0.3) is 0 Å². The Morgan fingerprint density at radius 2 is 2.21 bits per heavy atom. The average Bonchev–Trinajstić information content (AvgIpc) is 2.40. The molecule has 0 unspecified atom stereocenters. The Labute approximate surface area is 115 Å². The Morgan fingerprint density at radius 3 is 2.84 bits per heavy atom. The molecule has 1 saturated heterocycles. The van der Waals surface area contributed by atoms with Crippen molar-refractivity contribution >= 4 is 10.0 Å². The number of nitrogens with zero attached hydrogens (tertiary/aromatic N) is 2. The van der Waals surface area contributed by atoms with Crippen molar-refractivity contribution < 1.29 is 8.42 Å². The topological polar surface area (TPSA) is 50.3 Å². The molecule has 19 heavy (non-hydrogen) atoms. The van der Waals surface area contributed by atoms with Gasteiger partial charge in [-0.1, -0.05) is 6.07 Å². The molecule has 5 heteroatoms. The molecule has 1 aromatic rings. The smallest absolute Gasteiger partial charge is 0.216 e. The normalized spacial score (nSPS) is 21.7. The minimum absolute atomic E-state index is 0.332. The third-order valence-corrected chi connectivity index (χ3v) is 5.90. The molecule has 1 aliphatic heterocycles. The number of sulfonamides is 1. The second-order valence-electron chi connectivity index (χ2n) is 5.49. The van der Waals surface area contributed by atoms with Crippen molar-refractivity contribution in [2.45, 2.75) is 38.4 Å². The van der Waals surface area contributed by atoms with E-state index in [-0.39, 0.29) is 5.25 Å². The molecule has 2 rings (SSSR count). The molecule has 4 nitrogen and oxygen atoms in total. The lowest BCUT2D eigenvalue weighted by molar-refractivity contribution is 0.262. The molecule has 0 bridgehead atoms. The first-order valence-corrected chi connectivity index (χ1v) is 8.39. The highest BCUT2D eigenvalue weighted by Gasteiger charge is 2.30. The number of rotatable bonds is 4. The van der Waals surface area contributed by atoms with Crippen LogP contribution in [0, 0.1) is 5.92 Å². The molecular weight excluding hydrogens is 260 g/mol. The molecule has 0 N–H and O–H groups in total. The Hall–Kier alpha value is -0.940. The van der Waals surface area contributed by atoms with Gasteiger partial charge in [-0.3, -0.25) is 4.98 Å². The van der Waals surface area contributed by atoms with Gasteiger partial charge in [-0.05, 0) is 51.2 Å². The summed E-state index contributed by atoms with van der Waals surface area (Å²) in [6, 6.07) is 5.89. The summed E-state index contributed by atoms with van der Waals surface area (Å²) in [5.74, 6) is 0.386. The fourth-order valence-electron chi connectivity index (χ4n) is 2.54. The maximum Gasteiger partial charge on any atom is 0.216 e. The van der Waals surface area contributed by atoms with Crippen LogP contribution in [0.3, 0.4) is 0 Å². The Bertz CT molecular complexity index is 499. The van der Waals surface area contributed by atoms with Crippen LogP contribution in [0.2, 0.25) is 0 Å². The minimum atomic E-state index is -3.11. The third-order valence-electron chi connectivity index (χ3n) is 3.66. The van der Waals surface area contributed by atoms with Crippen molar-refractivity contribution in [3.8, 4) is 0 Å². The van der Waals surface area contributed by atoms with Crippen molar-refractivity contribution in [2.75, 3.05) is 13.1 Å². The van der Waals surface area contributed by atoms with E-state index in [4.69, 9.17) is 0 Å². The predicted molar refractivity (Wildman–Crippen MR) is 76.3 cm³/mol. The summed E-state index contributed by atoms with van der Waals surface area (Å²) in [7, 11) is -3.11. The zero-order valence-electron chi connectivity index (χ0n) is 11.6. The number of hydrogen-bond acceptors (Lipinski definition) is 3. The molecule has 0 radical (unpaired) electrons. The summed E-state index contributed by atoms with van der Waals surface area (Å²) >= 11 is 0. The van der Waals surface area contributed by atoms with Crippen LogP contribution in [0.4, 0.5) is 0 Å². The van der Waals surface area contributed by atoms with Gasteiger partial charge in [-0.2, -0.15) is 0 Å². The predicted octanol–water partition coefficient (Wildman–Crippen LogP) is 2.07. The van der Waals surface area contributed by atoms with Crippen LogP contribution in [-0.2, 0) is 16.4 Å². The second kappa shape index (κ2) is 6.01. The van der Waals surface area contributed by atoms with Crippen LogP contribution >= 0.6 is 0 Å². The Balaban J connectivity index is 2.02. The van der Waals surface area contributed by atoms with Gasteiger partial charge >= 0.3 is 0 Å². The molecule has 106 valence electrons. The Kier molecular flexibility index (Phi) is 4.58. The molecule has 0 spiro atoms. The van der Waals surface area contributed by atoms with E-state index in [1.807, 2.05) is 18.2 Å². The minimum Gasteiger partial charge on any atom is -0.261 e. The fourth-order valence-corrected chi connectivity index (χ4v) is 3.94. The highest BCUT2D eigenvalue weighted by molar-refractivity contribution is 7.89. The molecule has 2 heterocycles. The maximum atomic E-state index is 12.2. The van der Waals surface area contributed by atoms with Crippen molar-refractivity contribution in [1.82, 2.24) is 9.29 Å². The van der Waals surface area contributed by atoms with Crippen molar-refractivity contribution in [2.24, 2.45) is 5.92 Å². The van der Waals surface area contributed by atoms with Crippen molar-refractivity contribution in [3.05, 3.63) is 30.1 Å². The number of aromatic nitrogens is 1. The largest absolute Gasteiger partial charge is 0.261 e. The summed E-state index contributed by atoms with van der Waals surface area (Å²) in [6.45, 7) is 4.80. The van der Waals surface area contributed by atoms with Gasteiger partial charge in [0.05, 0.1) is 5.25 Å². The van der Waals surface area contributed by atoms with Gasteiger partial charge in [-0.25, -0.2) is 12.7 Å². The van der Waals surface area contributed by atoms with Gasteiger partial charge in [0.2, 0.25) is 10.0 Å². The zero-order chi connectivity index (χ0) is 13.9. The van der Waals surface area contributed by atoms with E-state index in [1.165, 1.54) is 0 Å². The average molecular weight is 282 g/mol. The molecule has 0 amide bonds. The van der Waals surface area contributed by atoms with Crippen LogP contribution in [0.1, 0.15) is 32.4 Å². The molecule has 1 atom stereocenters. The lowest BCUT2D eigenvalue weighted by Crippen LogP contribution is -2.43. The lowest BCUT2D eigenvalue weighted by atomic mass is 9.94. The van der Waals surface area contributed by atoms with E-state index in [1.54, 1.807) is 24.3 Å². The summed E-state index contributed by atoms with van der Waals surface area (Å²) in [6.07, 6.45) is 4.69. The Morgan fingerprint density at radius 1 is 1.42 bits per heavy atom. The molecular formula is C14H22N2O2S. The number of hydrogen-bond donors (Lipinski definition) is 0. The molecule has 0 aromatic carbocycles. The quantitative estimate of drug-likeness (QED) is 0.849. The van der Waals surface area contributed by atoms with E-state index in [0.29, 0.717) is 19.0 Å². The number of pyridine rings is 1. The van der Waals surface area contributed by atoms with Gasteiger partial charge < -0.3 is 0 Å². The van der Waals surface area contributed by atoms with Gasteiger partial charge in [0, 0.05) is 25.0 Å². The maximum absolute atomic E-state index is 12.2. The molecule has 0 aliphatic carbocycles. The monoisotopic (exact) mass is 282 g/mol. The van der Waals surface area contributed by atoms with E-state index in [9.17, 15) is 8.42 Å². The summed E-state index contributed by atoms with van der Waals surface area (Å²) in [5.41, 5.74) is 1.05. The number of piperidine rings is 1. The van der Waals surface area contributed by atoms with Gasteiger partial charge in [-0.15, -0.1) is 0 Å².